The van der Waals surface area contributed by atoms with Gasteiger partial charge in [0.2, 0.25) is 5.67 Å². The molecule has 1 unspecified atom stereocenters. The van der Waals surface area contributed by atoms with Gasteiger partial charge in [-0.1, -0.05) is 6.92 Å². The highest BCUT2D eigenvalue weighted by atomic mass is 19.4. The van der Waals surface area contributed by atoms with Gasteiger partial charge in [-0.25, -0.2) is 14.0 Å². The lowest BCUT2D eigenvalue weighted by molar-refractivity contribution is -0.446. The maximum atomic E-state index is 13.4. The minimum absolute atomic E-state index is 0.557. The molecule has 0 bridgehead atoms. The zero-order chi connectivity index (χ0) is 20.5. The summed E-state index contributed by atoms with van der Waals surface area (Å²) >= 11 is 0. The lowest BCUT2D eigenvalue weighted by Gasteiger charge is -2.37. The number of ether oxygens (including phenoxy) is 2. The van der Waals surface area contributed by atoms with Gasteiger partial charge >= 0.3 is 36.1 Å². The molecule has 148 valence electrons. The van der Waals surface area contributed by atoms with Crippen LogP contribution in [-0.4, -0.2) is 48.3 Å². The SMILES string of the molecule is CCC(C)(F)C(=O)OCC(=O)OC(C(F)(F)F)(C(F)(F)F)C(F)(F)F. The Labute approximate surface area is 133 Å². The third kappa shape index (κ3) is 4.66. The molecule has 0 saturated carbocycles. The van der Waals surface area contributed by atoms with Crippen LogP contribution in [-0.2, 0) is 19.1 Å². The third-order valence-corrected chi connectivity index (χ3v) is 2.88. The number of esters is 2. The molecule has 4 nitrogen and oxygen atoms in total. The summed E-state index contributed by atoms with van der Waals surface area (Å²) in [5.74, 6) is -4.71. The first-order chi connectivity index (χ1) is 10.8. The minimum Gasteiger partial charge on any atom is -0.451 e. The standard InChI is InChI=1S/C11H10F10O4/c1-3-7(2,12)6(23)24-4-5(22)25-8(9(13,14)15,10(16,17)18)11(19,20)21/h3-4H2,1-2H3. The van der Waals surface area contributed by atoms with E-state index in [1.165, 1.54) is 0 Å². The quantitative estimate of drug-likeness (QED) is 0.526. The van der Waals surface area contributed by atoms with Crippen molar-refractivity contribution in [1.29, 1.82) is 0 Å². The van der Waals surface area contributed by atoms with Crippen molar-refractivity contribution in [3.05, 3.63) is 0 Å². The Morgan fingerprint density at radius 2 is 1.16 bits per heavy atom. The molecule has 0 radical (unpaired) electrons. The van der Waals surface area contributed by atoms with E-state index >= 15 is 0 Å². The van der Waals surface area contributed by atoms with Crippen molar-refractivity contribution in [1.82, 2.24) is 0 Å². The van der Waals surface area contributed by atoms with Gasteiger partial charge in [0, 0.05) is 0 Å². The third-order valence-electron chi connectivity index (χ3n) is 2.88. The monoisotopic (exact) mass is 396 g/mol. The normalized spacial score (nSPS) is 16.2. The molecular weight excluding hydrogens is 386 g/mol. The highest BCUT2D eigenvalue weighted by Gasteiger charge is 2.87. The molecule has 0 aliphatic carbocycles. The van der Waals surface area contributed by atoms with Gasteiger partial charge in [-0.2, -0.15) is 39.5 Å². The van der Waals surface area contributed by atoms with Crippen LogP contribution in [0, 0.1) is 0 Å². The van der Waals surface area contributed by atoms with Crippen molar-refractivity contribution in [3.8, 4) is 0 Å². The van der Waals surface area contributed by atoms with Crippen LogP contribution in [0.1, 0.15) is 20.3 Å². The van der Waals surface area contributed by atoms with Crippen LogP contribution in [0.15, 0.2) is 0 Å². The number of rotatable bonds is 5. The minimum atomic E-state index is -7.12. The zero-order valence-corrected chi connectivity index (χ0v) is 12.3. The highest BCUT2D eigenvalue weighted by Crippen LogP contribution is 2.54. The molecule has 0 rings (SSSR count). The molecular formula is C11H10F10O4. The second-order valence-corrected chi connectivity index (χ2v) is 4.78. The Bertz CT molecular complexity index is 466. The van der Waals surface area contributed by atoms with E-state index in [4.69, 9.17) is 0 Å². The number of halogens is 10. The van der Waals surface area contributed by atoms with E-state index in [1.54, 1.807) is 0 Å². The van der Waals surface area contributed by atoms with Crippen molar-refractivity contribution in [2.24, 2.45) is 0 Å². The molecule has 0 aliphatic rings. The summed E-state index contributed by atoms with van der Waals surface area (Å²) < 4.78 is 132. The van der Waals surface area contributed by atoms with Crippen molar-refractivity contribution < 1.29 is 63.0 Å². The molecule has 0 aromatic carbocycles. The fourth-order valence-electron chi connectivity index (χ4n) is 1.28. The Balaban J connectivity index is 5.57. The van der Waals surface area contributed by atoms with Crippen molar-refractivity contribution in [2.75, 3.05) is 6.61 Å². The van der Waals surface area contributed by atoms with Crippen LogP contribution >= 0.6 is 0 Å². The van der Waals surface area contributed by atoms with Gasteiger partial charge in [-0.05, 0) is 13.3 Å². The molecule has 0 spiro atoms. The average Bonchev–Trinajstić information content (AvgIpc) is 2.37. The van der Waals surface area contributed by atoms with Crippen LogP contribution in [0.2, 0.25) is 0 Å². The van der Waals surface area contributed by atoms with E-state index in [1.807, 2.05) is 0 Å². The van der Waals surface area contributed by atoms with Crippen LogP contribution < -0.4 is 0 Å². The van der Waals surface area contributed by atoms with Crippen molar-refractivity contribution >= 4 is 11.9 Å². The molecule has 0 aromatic heterocycles. The number of carbonyl (C=O) groups excluding carboxylic acids is 2. The van der Waals surface area contributed by atoms with E-state index in [2.05, 4.69) is 9.47 Å². The van der Waals surface area contributed by atoms with Gasteiger partial charge in [0.1, 0.15) is 0 Å². The number of hydrogen-bond acceptors (Lipinski definition) is 4. The highest BCUT2D eigenvalue weighted by molar-refractivity contribution is 5.82. The maximum absolute atomic E-state index is 13.4. The molecule has 0 amide bonds. The molecule has 0 heterocycles. The first-order valence-corrected chi connectivity index (χ1v) is 6.11. The van der Waals surface area contributed by atoms with E-state index in [0.29, 0.717) is 6.92 Å². The Morgan fingerprint density at radius 1 is 0.800 bits per heavy atom. The van der Waals surface area contributed by atoms with Gasteiger partial charge in [0.15, 0.2) is 6.61 Å². The summed E-state index contributed by atoms with van der Waals surface area (Å²) in [5, 5.41) is 0. The van der Waals surface area contributed by atoms with E-state index < -0.39 is 54.8 Å². The first-order valence-electron chi connectivity index (χ1n) is 6.11. The first kappa shape index (κ1) is 23.2. The summed E-state index contributed by atoms with van der Waals surface area (Å²) in [4.78, 5) is 22.1. The molecule has 0 saturated heterocycles. The van der Waals surface area contributed by atoms with Crippen molar-refractivity contribution in [2.45, 2.75) is 50.1 Å². The lowest BCUT2D eigenvalue weighted by Crippen LogP contribution is -2.68. The van der Waals surface area contributed by atoms with E-state index in [9.17, 15) is 53.5 Å². The summed E-state index contributed by atoms with van der Waals surface area (Å²) in [5.41, 5.74) is -9.60. The number of hydrogen-bond donors (Lipinski definition) is 0. The summed E-state index contributed by atoms with van der Waals surface area (Å²) in [6.07, 6.45) is -21.9. The topological polar surface area (TPSA) is 52.6 Å². The fraction of sp³-hybridized carbons (Fsp3) is 0.818. The Morgan fingerprint density at radius 3 is 1.44 bits per heavy atom. The molecule has 0 fully saturated rings. The van der Waals surface area contributed by atoms with E-state index in [0.717, 1.165) is 6.92 Å². The predicted molar refractivity (Wildman–Crippen MR) is 57.8 cm³/mol. The van der Waals surface area contributed by atoms with E-state index in [-0.39, 0.29) is 0 Å². The molecule has 25 heavy (non-hydrogen) atoms. The number of alkyl halides is 10. The fourth-order valence-corrected chi connectivity index (χ4v) is 1.28. The second-order valence-electron chi connectivity index (χ2n) is 4.78. The van der Waals surface area contributed by atoms with Crippen LogP contribution in [0.25, 0.3) is 0 Å². The average molecular weight is 396 g/mol. The lowest BCUT2D eigenvalue weighted by atomic mass is 10.0. The van der Waals surface area contributed by atoms with Crippen LogP contribution in [0.4, 0.5) is 43.9 Å². The second kappa shape index (κ2) is 6.86. The smallest absolute Gasteiger partial charge is 0.447 e. The van der Waals surface area contributed by atoms with Crippen molar-refractivity contribution in [3.63, 3.8) is 0 Å². The molecule has 14 heteroatoms. The number of carbonyl (C=O) groups is 2. The summed E-state index contributed by atoms with van der Waals surface area (Å²) in [6.45, 7) is -0.393. The van der Waals surface area contributed by atoms with Gasteiger partial charge < -0.3 is 9.47 Å². The van der Waals surface area contributed by atoms with Gasteiger partial charge in [0.25, 0.3) is 0 Å². The predicted octanol–water partition coefficient (Wildman–Crippen LogP) is 3.64. The maximum Gasteiger partial charge on any atom is 0.447 e. The molecule has 0 aliphatic heterocycles. The summed E-state index contributed by atoms with van der Waals surface area (Å²) in [6, 6.07) is 0. The van der Waals surface area contributed by atoms with Gasteiger partial charge in [-0.3, -0.25) is 0 Å². The Kier molecular flexibility index (Phi) is 6.38. The molecule has 0 aromatic rings. The Hall–Kier alpha value is -1.76. The van der Waals surface area contributed by atoms with Gasteiger partial charge in [0.05, 0.1) is 0 Å². The van der Waals surface area contributed by atoms with Crippen LogP contribution in [0.3, 0.4) is 0 Å². The summed E-state index contributed by atoms with van der Waals surface area (Å²) in [7, 11) is 0. The zero-order valence-electron chi connectivity index (χ0n) is 12.3. The van der Waals surface area contributed by atoms with Gasteiger partial charge in [-0.15, -0.1) is 0 Å². The molecule has 1 atom stereocenters. The molecule has 0 N–H and O–H groups in total. The van der Waals surface area contributed by atoms with Crippen LogP contribution in [0.5, 0.6) is 0 Å². The largest absolute Gasteiger partial charge is 0.451 e.